The minimum Gasteiger partial charge on any atom is -0.336 e. The molecule has 0 radical (unpaired) electrons. The first kappa shape index (κ1) is 19.3. The Morgan fingerprint density at radius 3 is 2.64 bits per heavy atom. The van der Waals surface area contributed by atoms with Gasteiger partial charge in [-0.3, -0.25) is 14.9 Å². The number of aromatic nitrogens is 2. The highest BCUT2D eigenvalue weighted by molar-refractivity contribution is 5.98. The zero-order valence-electron chi connectivity index (χ0n) is 15.7. The molecule has 3 aromatic rings. The molecule has 28 heavy (non-hydrogen) atoms. The molecular weight excluding hydrogens is 362 g/mol. The molecule has 0 aliphatic rings. The first-order valence-corrected chi connectivity index (χ1v) is 8.81. The summed E-state index contributed by atoms with van der Waals surface area (Å²) in [7, 11) is 1.66. The largest absolute Gasteiger partial charge is 0.336 e. The van der Waals surface area contributed by atoms with Gasteiger partial charge in [-0.25, -0.2) is 14.4 Å². The molecule has 0 fully saturated rings. The van der Waals surface area contributed by atoms with Gasteiger partial charge < -0.3 is 4.90 Å². The molecule has 0 bridgehead atoms. The smallest absolute Gasteiger partial charge is 0.291 e. The van der Waals surface area contributed by atoms with Gasteiger partial charge in [0.15, 0.2) is 0 Å². The Bertz CT molecular complexity index is 1070. The van der Waals surface area contributed by atoms with Crippen LogP contribution >= 0.6 is 0 Å². The minimum absolute atomic E-state index is 0.0273. The Balaban J connectivity index is 2.24. The fraction of sp³-hybridized carbons (Fsp3) is 0.250. The third-order valence-corrected chi connectivity index (χ3v) is 4.78. The molecule has 0 N–H and O–H groups in total. The highest BCUT2D eigenvalue weighted by Gasteiger charge is 2.23. The van der Waals surface area contributed by atoms with E-state index >= 15 is 0 Å². The molecule has 0 spiro atoms. The number of rotatable bonds is 5. The van der Waals surface area contributed by atoms with E-state index in [1.165, 1.54) is 4.90 Å². The number of para-hydroxylation sites is 1. The summed E-state index contributed by atoms with van der Waals surface area (Å²) in [6.07, 6.45) is 0.752. The topological polar surface area (TPSA) is 89.2 Å². The quantitative estimate of drug-likeness (QED) is 0.488. The average Bonchev–Trinajstić information content (AvgIpc) is 2.71. The Morgan fingerprint density at radius 1 is 1.25 bits per heavy atom. The Kier molecular flexibility index (Phi) is 5.30. The van der Waals surface area contributed by atoms with Crippen molar-refractivity contribution in [2.24, 2.45) is 0 Å². The molecule has 3 rings (SSSR count). The predicted molar refractivity (Wildman–Crippen MR) is 103 cm³/mol. The predicted octanol–water partition coefficient (Wildman–Crippen LogP) is 4.21. The van der Waals surface area contributed by atoms with Crippen LogP contribution in [-0.4, -0.2) is 38.8 Å². The van der Waals surface area contributed by atoms with E-state index in [0.717, 1.165) is 24.6 Å². The van der Waals surface area contributed by atoms with E-state index < -0.39 is 16.6 Å². The van der Waals surface area contributed by atoms with Crippen LogP contribution in [-0.2, 0) is 0 Å². The number of carbonyl (C=O) groups is 1. The van der Waals surface area contributed by atoms with Gasteiger partial charge in [0.05, 0.1) is 16.1 Å². The zero-order valence-corrected chi connectivity index (χ0v) is 15.7. The lowest BCUT2D eigenvalue weighted by Crippen LogP contribution is -2.35. The summed E-state index contributed by atoms with van der Waals surface area (Å²) in [5, 5.41) is 11.6. The van der Waals surface area contributed by atoms with Crippen molar-refractivity contribution in [3.05, 3.63) is 64.2 Å². The Hall–Kier alpha value is -3.42. The molecule has 8 heteroatoms. The fourth-order valence-corrected chi connectivity index (χ4v) is 2.82. The van der Waals surface area contributed by atoms with Gasteiger partial charge in [0.1, 0.15) is 5.82 Å². The van der Waals surface area contributed by atoms with Gasteiger partial charge in [-0.15, -0.1) is 0 Å². The summed E-state index contributed by atoms with van der Waals surface area (Å²) in [5.41, 5.74) is 0.295. The van der Waals surface area contributed by atoms with Crippen molar-refractivity contribution in [1.82, 2.24) is 14.9 Å². The normalized spacial score (nSPS) is 12.0. The Labute approximate surface area is 161 Å². The first-order valence-electron chi connectivity index (χ1n) is 8.81. The number of nitrogens with zero attached hydrogens (tertiary/aromatic N) is 4. The van der Waals surface area contributed by atoms with Crippen LogP contribution in [0.1, 0.15) is 30.9 Å². The van der Waals surface area contributed by atoms with Gasteiger partial charge in [-0.1, -0.05) is 25.1 Å². The number of benzene rings is 2. The van der Waals surface area contributed by atoms with Gasteiger partial charge in [-0.05, 0) is 25.5 Å². The van der Waals surface area contributed by atoms with Crippen LogP contribution in [0.25, 0.3) is 22.2 Å². The third-order valence-electron chi connectivity index (χ3n) is 4.78. The Morgan fingerprint density at radius 2 is 1.96 bits per heavy atom. The molecule has 0 saturated heterocycles. The number of hydrogen-bond donors (Lipinski definition) is 0. The molecule has 0 unspecified atom stereocenters. The SMILES string of the molecule is CC[C@H](C)N([11CH3])C(=O)c1nc(-c2cc([N+](=O)[O-])ccc2F)c2ccccc2n1. The highest BCUT2D eigenvalue weighted by Crippen LogP contribution is 2.31. The van der Waals surface area contributed by atoms with Gasteiger partial charge >= 0.3 is 0 Å². The summed E-state index contributed by atoms with van der Waals surface area (Å²) < 4.78 is 14.5. The lowest BCUT2D eigenvalue weighted by Gasteiger charge is -2.23. The second-order valence-corrected chi connectivity index (χ2v) is 6.51. The van der Waals surface area contributed by atoms with Gasteiger partial charge in [0.2, 0.25) is 5.82 Å². The van der Waals surface area contributed by atoms with E-state index in [0.29, 0.717) is 10.9 Å². The van der Waals surface area contributed by atoms with Crippen LogP contribution in [0.2, 0.25) is 0 Å². The van der Waals surface area contributed by atoms with Crippen molar-refractivity contribution in [3.8, 4) is 11.3 Å². The van der Waals surface area contributed by atoms with Crippen molar-refractivity contribution in [2.45, 2.75) is 26.3 Å². The number of non-ortho nitro benzene ring substituents is 1. The number of nitro groups is 1. The standard InChI is InChI=1S/C20H19FN4O3/c1-4-12(2)24(3)20(26)19-22-17-8-6-5-7-14(17)18(23-19)15-11-13(25(27)28)9-10-16(15)21/h5-12H,4H2,1-3H3/t12-/m0/s1/i3-1. The van der Waals surface area contributed by atoms with Crippen LogP contribution in [0.3, 0.4) is 0 Å². The van der Waals surface area contributed by atoms with Gasteiger partial charge in [0, 0.05) is 36.2 Å². The van der Waals surface area contributed by atoms with E-state index in [1.54, 1.807) is 31.3 Å². The lowest BCUT2D eigenvalue weighted by atomic mass is 10.0. The van der Waals surface area contributed by atoms with Crippen LogP contribution in [0, 0.1) is 15.9 Å². The maximum atomic E-state index is 14.5. The summed E-state index contributed by atoms with van der Waals surface area (Å²) in [6.45, 7) is 3.86. The fourth-order valence-electron chi connectivity index (χ4n) is 2.82. The maximum Gasteiger partial charge on any atom is 0.291 e. The number of amides is 1. The summed E-state index contributed by atoms with van der Waals surface area (Å²) in [6, 6.07) is 10.1. The molecule has 1 amide bonds. The first-order chi connectivity index (χ1) is 13.3. The molecule has 1 heterocycles. The van der Waals surface area contributed by atoms with Crippen LogP contribution in [0.15, 0.2) is 42.5 Å². The lowest BCUT2D eigenvalue weighted by molar-refractivity contribution is -0.384. The van der Waals surface area contributed by atoms with E-state index in [4.69, 9.17) is 0 Å². The van der Waals surface area contributed by atoms with Crippen molar-refractivity contribution >= 4 is 22.5 Å². The van der Waals surface area contributed by atoms with Crippen molar-refractivity contribution in [3.63, 3.8) is 0 Å². The summed E-state index contributed by atoms with van der Waals surface area (Å²) in [4.78, 5) is 33.5. The number of fused-ring (bicyclic) bond motifs is 1. The van der Waals surface area contributed by atoms with Gasteiger partial charge in [0.25, 0.3) is 11.6 Å². The highest BCUT2D eigenvalue weighted by atomic mass is 19.1. The van der Waals surface area contributed by atoms with Crippen molar-refractivity contribution in [2.75, 3.05) is 7.05 Å². The second kappa shape index (κ2) is 7.67. The van der Waals surface area contributed by atoms with Crippen molar-refractivity contribution in [1.29, 1.82) is 0 Å². The van der Waals surface area contributed by atoms with Crippen LogP contribution in [0.5, 0.6) is 0 Å². The number of halogens is 1. The van der Waals surface area contributed by atoms with Gasteiger partial charge in [-0.2, -0.15) is 0 Å². The van der Waals surface area contributed by atoms with E-state index in [9.17, 15) is 19.3 Å². The van der Waals surface area contributed by atoms with Crippen molar-refractivity contribution < 1.29 is 14.1 Å². The summed E-state index contributed by atoms with van der Waals surface area (Å²) in [5.74, 6) is -1.14. The molecule has 2 aromatic carbocycles. The minimum atomic E-state index is -0.664. The van der Waals surface area contributed by atoms with Crippen LogP contribution < -0.4 is 0 Å². The van der Waals surface area contributed by atoms with E-state index in [2.05, 4.69) is 9.97 Å². The molecule has 1 atom stereocenters. The third kappa shape index (κ3) is 3.53. The molecule has 0 aliphatic carbocycles. The molecule has 1 aromatic heterocycles. The van der Waals surface area contributed by atoms with E-state index in [-0.39, 0.29) is 28.8 Å². The molecule has 144 valence electrons. The maximum absolute atomic E-state index is 14.5. The van der Waals surface area contributed by atoms with E-state index in [1.807, 2.05) is 13.8 Å². The zero-order chi connectivity index (χ0) is 20.4. The molecular formula is C20H19FN4O3. The second-order valence-electron chi connectivity index (χ2n) is 6.51. The number of nitro benzene ring substituents is 1. The molecule has 0 aliphatic heterocycles. The van der Waals surface area contributed by atoms with Crippen LogP contribution in [0.4, 0.5) is 10.1 Å². The monoisotopic (exact) mass is 381 g/mol. The summed E-state index contributed by atoms with van der Waals surface area (Å²) >= 11 is 0. The average molecular weight is 381 g/mol. The number of hydrogen-bond acceptors (Lipinski definition) is 5. The molecule has 7 nitrogen and oxygen atoms in total. The number of carbonyl (C=O) groups excluding carboxylic acids is 1. The molecule has 0 saturated carbocycles.